The van der Waals surface area contributed by atoms with Crippen LogP contribution in [0.4, 0.5) is 8.78 Å². The average molecular weight is 225 g/mol. The minimum atomic E-state index is -2.66. The van der Waals surface area contributed by atoms with Crippen LogP contribution in [0.5, 0.6) is 0 Å². The summed E-state index contributed by atoms with van der Waals surface area (Å²) in [5, 5.41) is 10.1. The quantitative estimate of drug-likeness (QED) is 0.824. The van der Waals surface area contributed by atoms with Crippen LogP contribution in [0.3, 0.4) is 0 Å². The van der Waals surface area contributed by atoms with Crippen LogP contribution in [-0.4, -0.2) is 22.6 Å². The number of alkyl halides is 2. The van der Waals surface area contributed by atoms with E-state index in [0.717, 1.165) is 16.5 Å². The molecule has 0 fully saturated rings. The van der Waals surface area contributed by atoms with Crippen molar-refractivity contribution in [3.8, 4) is 0 Å². The van der Waals surface area contributed by atoms with Crippen LogP contribution < -0.4 is 0 Å². The number of H-pyrrole nitrogens is 1. The Labute approximate surface area is 91.9 Å². The van der Waals surface area contributed by atoms with Gasteiger partial charge in [-0.3, -0.25) is 0 Å². The molecule has 2 aromatic rings. The van der Waals surface area contributed by atoms with E-state index in [1.165, 1.54) is 0 Å². The number of aliphatic hydroxyl groups excluding tert-OH is 1. The van der Waals surface area contributed by atoms with Crippen LogP contribution in [0.2, 0.25) is 0 Å². The van der Waals surface area contributed by atoms with E-state index in [0.29, 0.717) is 6.42 Å². The monoisotopic (exact) mass is 225 g/mol. The lowest BCUT2D eigenvalue weighted by Gasteiger charge is -2.07. The first-order valence-electron chi connectivity index (χ1n) is 5.19. The summed E-state index contributed by atoms with van der Waals surface area (Å²) < 4.78 is 24.2. The van der Waals surface area contributed by atoms with Gasteiger partial charge in [0.1, 0.15) is 6.10 Å². The van der Waals surface area contributed by atoms with Gasteiger partial charge >= 0.3 is 0 Å². The van der Waals surface area contributed by atoms with Crippen LogP contribution in [0, 0.1) is 0 Å². The minimum Gasteiger partial charge on any atom is -0.387 e. The maximum absolute atomic E-state index is 12.1. The van der Waals surface area contributed by atoms with Crippen molar-refractivity contribution in [2.75, 3.05) is 0 Å². The van der Waals surface area contributed by atoms with Gasteiger partial charge < -0.3 is 10.1 Å². The van der Waals surface area contributed by atoms with Gasteiger partial charge in [-0.2, -0.15) is 0 Å². The lowest BCUT2D eigenvalue weighted by Crippen LogP contribution is -2.17. The first kappa shape index (κ1) is 11.1. The number of benzene rings is 1. The van der Waals surface area contributed by atoms with Gasteiger partial charge in [-0.15, -0.1) is 0 Å². The van der Waals surface area contributed by atoms with Gasteiger partial charge in [0.25, 0.3) is 6.43 Å². The molecule has 1 atom stereocenters. The summed E-state index contributed by atoms with van der Waals surface area (Å²) in [7, 11) is 0. The zero-order chi connectivity index (χ0) is 11.5. The molecule has 1 unspecified atom stereocenters. The number of hydrogen-bond acceptors (Lipinski definition) is 1. The van der Waals surface area contributed by atoms with Crippen LogP contribution in [0.1, 0.15) is 12.0 Å². The molecule has 86 valence electrons. The van der Waals surface area contributed by atoms with Gasteiger partial charge in [-0.25, -0.2) is 8.78 Å². The number of aromatic nitrogens is 1. The summed E-state index contributed by atoms with van der Waals surface area (Å²) >= 11 is 0. The molecule has 2 rings (SSSR count). The second kappa shape index (κ2) is 4.61. The number of fused-ring (bicyclic) bond motifs is 1. The Morgan fingerprint density at radius 1 is 1.25 bits per heavy atom. The van der Waals surface area contributed by atoms with E-state index in [9.17, 15) is 8.78 Å². The standard InChI is InChI=1S/C12H13F2NO/c13-12(14)11(16)6-5-8-7-15-10-4-2-1-3-9(8)10/h1-4,7,11-12,15-16H,5-6H2. The first-order chi connectivity index (χ1) is 7.68. The molecule has 0 saturated carbocycles. The van der Waals surface area contributed by atoms with E-state index in [4.69, 9.17) is 5.11 Å². The number of para-hydroxylation sites is 1. The normalized spacial score (nSPS) is 13.5. The predicted octanol–water partition coefficient (Wildman–Crippen LogP) is 2.73. The van der Waals surface area contributed by atoms with Crippen molar-refractivity contribution in [3.05, 3.63) is 36.0 Å². The van der Waals surface area contributed by atoms with Crippen molar-refractivity contribution in [1.82, 2.24) is 4.98 Å². The summed E-state index contributed by atoms with van der Waals surface area (Å²) in [5.41, 5.74) is 1.96. The molecule has 2 nitrogen and oxygen atoms in total. The summed E-state index contributed by atoms with van der Waals surface area (Å²) in [6.07, 6.45) is -1.85. The highest BCUT2D eigenvalue weighted by Crippen LogP contribution is 2.20. The van der Waals surface area contributed by atoms with E-state index in [1.807, 2.05) is 30.5 Å². The fraction of sp³-hybridized carbons (Fsp3) is 0.333. The topological polar surface area (TPSA) is 36.0 Å². The fourth-order valence-corrected chi connectivity index (χ4v) is 1.77. The molecule has 4 heteroatoms. The van der Waals surface area contributed by atoms with Gasteiger partial charge in [0, 0.05) is 17.1 Å². The van der Waals surface area contributed by atoms with E-state index in [-0.39, 0.29) is 6.42 Å². The summed E-state index contributed by atoms with van der Waals surface area (Å²) in [5.74, 6) is 0. The molecule has 0 spiro atoms. The highest BCUT2D eigenvalue weighted by Gasteiger charge is 2.16. The number of aromatic amines is 1. The number of aryl methyl sites for hydroxylation is 1. The second-order valence-corrected chi connectivity index (χ2v) is 3.80. The molecule has 16 heavy (non-hydrogen) atoms. The molecule has 1 aromatic heterocycles. The molecular weight excluding hydrogens is 212 g/mol. The molecule has 0 aliphatic heterocycles. The highest BCUT2D eigenvalue weighted by atomic mass is 19.3. The largest absolute Gasteiger partial charge is 0.387 e. The van der Waals surface area contributed by atoms with Crippen molar-refractivity contribution in [2.24, 2.45) is 0 Å². The summed E-state index contributed by atoms with van der Waals surface area (Å²) in [6.45, 7) is 0. The molecule has 0 saturated heterocycles. The van der Waals surface area contributed by atoms with Crippen molar-refractivity contribution in [2.45, 2.75) is 25.4 Å². The van der Waals surface area contributed by atoms with Crippen molar-refractivity contribution in [3.63, 3.8) is 0 Å². The first-order valence-corrected chi connectivity index (χ1v) is 5.19. The molecule has 0 bridgehead atoms. The molecule has 0 aliphatic rings. The number of nitrogens with one attached hydrogen (secondary N) is 1. The Hall–Kier alpha value is -1.42. The lowest BCUT2D eigenvalue weighted by molar-refractivity contribution is -0.00845. The molecule has 0 aliphatic carbocycles. The zero-order valence-electron chi connectivity index (χ0n) is 8.66. The molecule has 2 N–H and O–H groups in total. The van der Waals surface area contributed by atoms with E-state index in [1.54, 1.807) is 0 Å². The van der Waals surface area contributed by atoms with Crippen molar-refractivity contribution < 1.29 is 13.9 Å². The maximum Gasteiger partial charge on any atom is 0.264 e. The Balaban J connectivity index is 2.10. The van der Waals surface area contributed by atoms with E-state index >= 15 is 0 Å². The number of halogens is 2. The van der Waals surface area contributed by atoms with Gasteiger partial charge in [-0.1, -0.05) is 18.2 Å². The second-order valence-electron chi connectivity index (χ2n) is 3.80. The van der Waals surface area contributed by atoms with Gasteiger partial charge in [0.15, 0.2) is 0 Å². The van der Waals surface area contributed by atoms with Crippen LogP contribution in [-0.2, 0) is 6.42 Å². The van der Waals surface area contributed by atoms with Crippen LogP contribution in [0.15, 0.2) is 30.5 Å². The predicted molar refractivity (Wildman–Crippen MR) is 58.6 cm³/mol. The molecule has 1 aromatic carbocycles. The third-order valence-electron chi connectivity index (χ3n) is 2.68. The lowest BCUT2D eigenvalue weighted by atomic mass is 10.1. The third kappa shape index (κ3) is 2.22. The maximum atomic E-state index is 12.1. The summed E-state index contributed by atoms with van der Waals surface area (Å²) in [6, 6.07) is 7.69. The third-order valence-corrected chi connectivity index (χ3v) is 2.68. The van der Waals surface area contributed by atoms with Crippen LogP contribution in [0.25, 0.3) is 10.9 Å². The van der Waals surface area contributed by atoms with Gasteiger partial charge in [-0.05, 0) is 24.5 Å². The molecule has 0 radical (unpaired) electrons. The summed E-state index contributed by atoms with van der Waals surface area (Å²) in [4.78, 5) is 3.07. The van der Waals surface area contributed by atoms with Crippen LogP contribution >= 0.6 is 0 Å². The smallest absolute Gasteiger partial charge is 0.264 e. The molecule has 0 amide bonds. The van der Waals surface area contributed by atoms with Gasteiger partial charge in [0.05, 0.1) is 0 Å². The minimum absolute atomic E-state index is 0.0829. The fourth-order valence-electron chi connectivity index (χ4n) is 1.77. The van der Waals surface area contributed by atoms with E-state index in [2.05, 4.69) is 4.98 Å². The van der Waals surface area contributed by atoms with E-state index < -0.39 is 12.5 Å². The van der Waals surface area contributed by atoms with Crippen molar-refractivity contribution in [1.29, 1.82) is 0 Å². The Morgan fingerprint density at radius 2 is 2.00 bits per heavy atom. The molecule has 1 heterocycles. The Morgan fingerprint density at radius 3 is 2.75 bits per heavy atom. The van der Waals surface area contributed by atoms with Crippen molar-refractivity contribution >= 4 is 10.9 Å². The molecular formula is C12H13F2NO. The Kier molecular flexibility index (Phi) is 3.19. The zero-order valence-corrected chi connectivity index (χ0v) is 8.66. The Bertz CT molecular complexity index is 467. The van der Waals surface area contributed by atoms with Gasteiger partial charge in [0.2, 0.25) is 0 Å². The number of rotatable bonds is 4. The number of aliphatic hydroxyl groups is 1. The SMILES string of the molecule is OC(CCc1c[nH]c2ccccc12)C(F)F. The number of hydrogen-bond donors (Lipinski definition) is 2. The average Bonchev–Trinajstić information content (AvgIpc) is 2.69. The highest BCUT2D eigenvalue weighted by molar-refractivity contribution is 5.82.